The van der Waals surface area contributed by atoms with Gasteiger partial charge in [-0.3, -0.25) is 0 Å². The van der Waals surface area contributed by atoms with Crippen LogP contribution in [0.15, 0.2) is 5.38 Å². The first-order valence-electron chi connectivity index (χ1n) is 4.81. The van der Waals surface area contributed by atoms with Gasteiger partial charge in [-0.05, 0) is 5.92 Å². The Morgan fingerprint density at radius 2 is 2.43 bits per heavy atom. The largest absolute Gasteiger partial charge is 0.476 e. The highest BCUT2D eigenvalue weighted by Gasteiger charge is 2.10. The first-order chi connectivity index (χ1) is 6.63. The summed E-state index contributed by atoms with van der Waals surface area (Å²) in [6.07, 6.45) is 3.23. The summed E-state index contributed by atoms with van der Waals surface area (Å²) < 4.78 is 0. The van der Waals surface area contributed by atoms with Gasteiger partial charge in [0.2, 0.25) is 0 Å². The third-order valence-corrected chi connectivity index (χ3v) is 2.95. The highest BCUT2D eigenvalue weighted by molar-refractivity contribution is 7.09. The monoisotopic (exact) mass is 213 g/mol. The van der Waals surface area contributed by atoms with E-state index >= 15 is 0 Å². The molecule has 1 heterocycles. The zero-order valence-electron chi connectivity index (χ0n) is 8.49. The molecule has 14 heavy (non-hydrogen) atoms. The maximum Gasteiger partial charge on any atom is 0.355 e. The van der Waals surface area contributed by atoms with Crippen LogP contribution in [0, 0.1) is 5.92 Å². The maximum absolute atomic E-state index is 10.6. The van der Waals surface area contributed by atoms with E-state index < -0.39 is 5.97 Å². The molecule has 4 heteroatoms. The molecule has 1 aromatic rings. The van der Waals surface area contributed by atoms with Crippen LogP contribution in [0.25, 0.3) is 0 Å². The fourth-order valence-electron chi connectivity index (χ4n) is 1.40. The predicted molar refractivity (Wildman–Crippen MR) is 56.8 cm³/mol. The first kappa shape index (κ1) is 11.2. The number of aromatic carboxylic acids is 1. The Kier molecular flexibility index (Phi) is 4.07. The molecule has 0 aliphatic rings. The number of thiazole rings is 1. The van der Waals surface area contributed by atoms with Crippen molar-refractivity contribution >= 4 is 17.3 Å². The van der Waals surface area contributed by atoms with E-state index in [1.54, 1.807) is 5.38 Å². The number of hydrogen-bond donors (Lipinski definition) is 1. The molecule has 1 atom stereocenters. The Hall–Kier alpha value is -0.900. The van der Waals surface area contributed by atoms with Crippen LogP contribution >= 0.6 is 11.3 Å². The third-order valence-electron chi connectivity index (χ3n) is 2.08. The average molecular weight is 213 g/mol. The Morgan fingerprint density at radius 1 is 1.71 bits per heavy atom. The SMILES string of the molecule is CCCC(C)Cc1nc(C(=O)O)cs1. The molecule has 78 valence electrons. The fraction of sp³-hybridized carbons (Fsp3) is 0.600. The molecule has 0 aliphatic heterocycles. The first-order valence-corrected chi connectivity index (χ1v) is 5.69. The Morgan fingerprint density at radius 3 is 2.93 bits per heavy atom. The molecule has 0 aromatic carbocycles. The van der Waals surface area contributed by atoms with Crippen LogP contribution in [-0.2, 0) is 6.42 Å². The summed E-state index contributed by atoms with van der Waals surface area (Å²) in [5.74, 6) is -0.344. The number of nitrogens with zero attached hydrogens (tertiary/aromatic N) is 1. The summed E-state index contributed by atoms with van der Waals surface area (Å²) in [5, 5.41) is 11.2. The number of hydrogen-bond acceptors (Lipinski definition) is 3. The van der Waals surface area contributed by atoms with Crippen LogP contribution in [0.1, 0.15) is 42.2 Å². The average Bonchev–Trinajstić information content (AvgIpc) is 2.53. The molecular weight excluding hydrogens is 198 g/mol. The molecule has 0 spiro atoms. The standard InChI is InChI=1S/C10H15NO2S/c1-3-4-7(2)5-9-11-8(6-14-9)10(12)13/h6-7H,3-5H2,1-2H3,(H,12,13). The molecule has 1 rings (SSSR count). The van der Waals surface area contributed by atoms with Gasteiger partial charge in [-0.25, -0.2) is 9.78 Å². The van der Waals surface area contributed by atoms with Crippen molar-refractivity contribution < 1.29 is 9.90 Å². The zero-order valence-corrected chi connectivity index (χ0v) is 9.30. The third kappa shape index (κ3) is 3.10. The van der Waals surface area contributed by atoms with Gasteiger partial charge in [0.1, 0.15) is 0 Å². The van der Waals surface area contributed by atoms with Crippen LogP contribution in [0.5, 0.6) is 0 Å². The van der Waals surface area contributed by atoms with Crippen molar-refractivity contribution in [2.75, 3.05) is 0 Å². The summed E-state index contributed by atoms with van der Waals surface area (Å²) in [6, 6.07) is 0. The quantitative estimate of drug-likeness (QED) is 0.818. The summed E-state index contributed by atoms with van der Waals surface area (Å²) in [4.78, 5) is 14.6. The van der Waals surface area contributed by atoms with E-state index in [0.29, 0.717) is 5.92 Å². The molecule has 0 aliphatic carbocycles. The summed E-state index contributed by atoms with van der Waals surface area (Å²) in [6.45, 7) is 4.33. The van der Waals surface area contributed by atoms with Crippen molar-refractivity contribution in [2.45, 2.75) is 33.1 Å². The van der Waals surface area contributed by atoms with Crippen molar-refractivity contribution in [1.82, 2.24) is 4.98 Å². The lowest BCUT2D eigenvalue weighted by Crippen LogP contribution is -2.01. The van der Waals surface area contributed by atoms with E-state index in [4.69, 9.17) is 5.11 Å². The van der Waals surface area contributed by atoms with E-state index in [9.17, 15) is 4.79 Å². The summed E-state index contributed by atoms with van der Waals surface area (Å²) in [5.41, 5.74) is 0.175. The molecule has 0 amide bonds. The summed E-state index contributed by atoms with van der Waals surface area (Å²) in [7, 11) is 0. The summed E-state index contributed by atoms with van der Waals surface area (Å²) >= 11 is 1.44. The molecule has 1 N–H and O–H groups in total. The highest BCUT2D eigenvalue weighted by atomic mass is 32.1. The van der Waals surface area contributed by atoms with E-state index in [1.165, 1.54) is 24.2 Å². The predicted octanol–water partition coefficient (Wildman–Crippen LogP) is 2.82. The molecule has 0 bridgehead atoms. The second-order valence-corrected chi connectivity index (χ2v) is 4.47. The number of carboxylic acid groups (broad SMARTS) is 1. The van der Waals surface area contributed by atoms with E-state index in [1.807, 2.05) is 0 Å². The van der Waals surface area contributed by atoms with Crippen molar-refractivity contribution in [3.8, 4) is 0 Å². The van der Waals surface area contributed by atoms with Gasteiger partial charge in [0.05, 0.1) is 5.01 Å². The van der Waals surface area contributed by atoms with E-state index in [2.05, 4.69) is 18.8 Å². The molecule has 0 saturated carbocycles. The minimum absolute atomic E-state index is 0.175. The molecule has 0 fully saturated rings. The number of aromatic nitrogens is 1. The van der Waals surface area contributed by atoms with Crippen LogP contribution in [-0.4, -0.2) is 16.1 Å². The zero-order chi connectivity index (χ0) is 10.6. The molecule has 1 aromatic heterocycles. The molecule has 3 nitrogen and oxygen atoms in total. The minimum Gasteiger partial charge on any atom is -0.476 e. The van der Waals surface area contributed by atoms with Crippen molar-refractivity contribution in [3.63, 3.8) is 0 Å². The molecule has 0 radical (unpaired) electrons. The van der Waals surface area contributed by atoms with Crippen molar-refractivity contribution in [3.05, 3.63) is 16.1 Å². The lowest BCUT2D eigenvalue weighted by Gasteiger charge is -2.06. The number of carboxylic acids is 1. The van der Waals surface area contributed by atoms with Gasteiger partial charge >= 0.3 is 5.97 Å². The second-order valence-electron chi connectivity index (χ2n) is 3.53. The maximum atomic E-state index is 10.6. The number of rotatable bonds is 5. The van der Waals surface area contributed by atoms with Gasteiger partial charge in [0, 0.05) is 11.8 Å². The Bertz CT molecular complexity index is 309. The second kappa shape index (κ2) is 5.10. The topological polar surface area (TPSA) is 50.2 Å². The molecule has 0 saturated heterocycles. The smallest absolute Gasteiger partial charge is 0.355 e. The van der Waals surface area contributed by atoms with Gasteiger partial charge in [-0.2, -0.15) is 0 Å². The highest BCUT2D eigenvalue weighted by Crippen LogP contribution is 2.17. The van der Waals surface area contributed by atoms with Crippen LogP contribution in [0.2, 0.25) is 0 Å². The number of carbonyl (C=O) groups is 1. The van der Waals surface area contributed by atoms with Gasteiger partial charge < -0.3 is 5.11 Å². The van der Waals surface area contributed by atoms with Gasteiger partial charge in [-0.1, -0.05) is 26.7 Å². The van der Waals surface area contributed by atoms with Crippen molar-refractivity contribution in [1.29, 1.82) is 0 Å². The van der Waals surface area contributed by atoms with Gasteiger partial charge in [-0.15, -0.1) is 11.3 Å². The van der Waals surface area contributed by atoms with Gasteiger partial charge in [0.15, 0.2) is 5.69 Å². The lowest BCUT2D eigenvalue weighted by atomic mass is 10.0. The molecular formula is C10H15NO2S. The minimum atomic E-state index is -0.935. The van der Waals surface area contributed by atoms with Crippen molar-refractivity contribution in [2.24, 2.45) is 5.92 Å². The van der Waals surface area contributed by atoms with Crippen LogP contribution in [0.3, 0.4) is 0 Å². The van der Waals surface area contributed by atoms with E-state index in [-0.39, 0.29) is 5.69 Å². The lowest BCUT2D eigenvalue weighted by molar-refractivity contribution is 0.0691. The van der Waals surface area contributed by atoms with Crippen LogP contribution < -0.4 is 0 Å². The Labute approximate surface area is 87.8 Å². The van der Waals surface area contributed by atoms with E-state index in [0.717, 1.165) is 11.4 Å². The fourth-order valence-corrected chi connectivity index (χ4v) is 2.33. The Balaban J connectivity index is 2.55. The van der Waals surface area contributed by atoms with Crippen LogP contribution in [0.4, 0.5) is 0 Å². The molecule has 1 unspecified atom stereocenters. The normalized spacial score (nSPS) is 12.7. The van der Waals surface area contributed by atoms with Gasteiger partial charge in [0.25, 0.3) is 0 Å².